The molecule has 0 bridgehead atoms. The number of rotatable bonds is 5. The number of esters is 1. The molecule has 7 heteroatoms. The largest absolute Gasteiger partial charge is 0.465 e. The number of hydrogen-bond acceptors (Lipinski definition) is 4. The fraction of sp³-hybridized carbons (Fsp3) is 0.167. The van der Waals surface area contributed by atoms with E-state index in [1.54, 1.807) is 41.2 Å². The van der Waals surface area contributed by atoms with Crippen molar-refractivity contribution >= 4 is 40.1 Å². The van der Waals surface area contributed by atoms with E-state index in [1.807, 2.05) is 12.1 Å². The van der Waals surface area contributed by atoms with Crippen molar-refractivity contribution in [2.75, 3.05) is 12.4 Å². The van der Waals surface area contributed by atoms with E-state index in [-0.39, 0.29) is 12.3 Å². The number of carbonyl (C=O) groups excluding carboxylic acids is 2. The maximum absolute atomic E-state index is 12.1. The molecule has 1 amide bonds. The Morgan fingerprint density at radius 2 is 1.96 bits per heavy atom. The zero-order chi connectivity index (χ0) is 17.8. The first-order chi connectivity index (χ1) is 12.1. The van der Waals surface area contributed by atoms with Crippen LogP contribution in [-0.2, 0) is 16.1 Å². The highest BCUT2D eigenvalue weighted by Gasteiger charge is 2.08. The normalized spacial score (nSPS) is 10.6. The Morgan fingerprint density at radius 1 is 1.20 bits per heavy atom. The Kier molecular flexibility index (Phi) is 5.00. The minimum atomic E-state index is -0.413. The van der Waals surface area contributed by atoms with Crippen LogP contribution in [0.25, 0.3) is 10.9 Å². The summed E-state index contributed by atoms with van der Waals surface area (Å²) in [5.74, 6) is -0.549. The molecule has 0 saturated heterocycles. The van der Waals surface area contributed by atoms with Crippen LogP contribution in [0.2, 0.25) is 5.02 Å². The Hall–Kier alpha value is -2.86. The number of ether oxygens (including phenoxy) is 1. The van der Waals surface area contributed by atoms with Gasteiger partial charge in [0.25, 0.3) is 0 Å². The summed E-state index contributed by atoms with van der Waals surface area (Å²) in [5.41, 5.74) is 1.98. The lowest BCUT2D eigenvalue weighted by Crippen LogP contribution is -2.15. The first-order valence-corrected chi connectivity index (χ1v) is 8.04. The summed E-state index contributed by atoms with van der Waals surface area (Å²) in [6.07, 6.45) is 2.00. The highest BCUT2D eigenvalue weighted by molar-refractivity contribution is 6.31. The number of hydrogen-bond donors (Lipinski definition) is 1. The molecule has 0 unspecified atom stereocenters. The van der Waals surface area contributed by atoms with E-state index in [4.69, 9.17) is 11.6 Å². The fourth-order valence-electron chi connectivity index (χ4n) is 2.47. The van der Waals surface area contributed by atoms with Crippen molar-refractivity contribution in [2.45, 2.75) is 13.0 Å². The number of benzene rings is 2. The molecule has 0 aliphatic heterocycles. The molecule has 1 heterocycles. The predicted molar refractivity (Wildman–Crippen MR) is 95.8 cm³/mol. The second kappa shape index (κ2) is 7.36. The molecule has 0 aliphatic rings. The molecule has 6 nitrogen and oxygen atoms in total. The van der Waals surface area contributed by atoms with Gasteiger partial charge in [-0.2, -0.15) is 5.10 Å². The number of methoxy groups -OCH3 is 1. The van der Waals surface area contributed by atoms with Crippen molar-refractivity contribution in [2.24, 2.45) is 0 Å². The summed E-state index contributed by atoms with van der Waals surface area (Å²) in [6, 6.07) is 12.0. The van der Waals surface area contributed by atoms with Crippen molar-refractivity contribution in [3.63, 3.8) is 0 Å². The van der Waals surface area contributed by atoms with Crippen molar-refractivity contribution in [1.82, 2.24) is 9.78 Å². The number of amides is 1. The third-order valence-corrected chi connectivity index (χ3v) is 3.98. The molecule has 0 saturated carbocycles. The molecule has 0 radical (unpaired) electrons. The zero-order valence-corrected chi connectivity index (χ0v) is 14.3. The van der Waals surface area contributed by atoms with E-state index in [0.717, 1.165) is 10.9 Å². The number of anilines is 1. The van der Waals surface area contributed by atoms with Crippen molar-refractivity contribution in [3.05, 3.63) is 59.2 Å². The van der Waals surface area contributed by atoms with Gasteiger partial charge in [0.05, 0.1) is 30.9 Å². The summed E-state index contributed by atoms with van der Waals surface area (Å²) < 4.78 is 6.40. The van der Waals surface area contributed by atoms with Gasteiger partial charge >= 0.3 is 5.97 Å². The average Bonchev–Trinajstić information content (AvgIpc) is 3.02. The van der Waals surface area contributed by atoms with Gasteiger partial charge < -0.3 is 10.1 Å². The molecule has 1 aromatic heterocycles. The summed E-state index contributed by atoms with van der Waals surface area (Å²) in [4.78, 5) is 23.5. The second-order valence-corrected chi connectivity index (χ2v) is 5.87. The molecule has 3 aromatic rings. The van der Waals surface area contributed by atoms with E-state index in [9.17, 15) is 9.59 Å². The summed E-state index contributed by atoms with van der Waals surface area (Å²) in [7, 11) is 1.32. The Labute approximate surface area is 149 Å². The van der Waals surface area contributed by atoms with Gasteiger partial charge in [0.1, 0.15) is 0 Å². The summed E-state index contributed by atoms with van der Waals surface area (Å²) in [5, 5.41) is 8.66. The standard InChI is InChI=1S/C18H16ClN3O3/c1-25-18(24)12-2-5-15(6-3-12)21-17(23)8-9-22-16-7-4-14(19)10-13(16)11-20-22/h2-7,10-11H,8-9H2,1H3,(H,21,23). The van der Waals surface area contributed by atoms with Gasteiger partial charge in [-0.05, 0) is 42.5 Å². The summed E-state index contributed by atoms with van der Waals surface area (Å²) >= 11 is 5.96. The fourth-order valence-corrected chi connectivity index (χ4v) is 2.66. The van der Waals surface area contributed by atoms with Crippen LogP contribution in [0.4, 0.5) is 5.69 Å². The third kappa shape index (κ3) is 3.97. The highest BCUT2D eigenvalue weighted by atomic mass is 35.5. The molecule has 0 fully saturated rings. The minimum absolute atomic E-state index is 0.136. The first kappa shape index (κ1) is 17.0. The van der Waals surface area contributed by atoms with Crippen LogP contribution >= 0.6 is 11.6 Å². The second-order valence-electron chi connectivity index (χ2n) is 5.44. The van der Waals surface area contributed by atoms with Crippen LogP contribution in [-0.4, -0.2) is 28.8 Å². The molecule has 0 spiro atoms. The van der Waals surface area contributed by atoms with Crippen LogP contribution in [0.3, 0.4) is 0 Å². The number of nitrogens with one attached hydrogen (secondary N) is 1. The van der Waals surface area contributed by atoms with Crippen molar-refractivity contribution < 1.29 is 14.3 Å². The average molecular weight is 358 g/mol. The van der Waals surface area contributed by atoms with Gasteiger partial charge in [-0.15, -0.1) is 0 Å². The molecule has 3 rings (SSSR count). The lowest BCUT2D eigenvalue weighted by molar-refractivity contribution is -0.116. The Balaban J connectivity index is 1.60. The quantitative estimate of drug-likeness (QED) is 0.709. The Morgan fingerprint density at radius 3 is 2.68 bits per heavy atom. The van der Waals surface area contributed by atoms with Gasteiger partial charge in [-0.25, -0.2) is 4.79 Å². The van der Waals surface area contributed by atoms with Gasteiger partial charge in [-0.1, -0.05) is 11.6 Å². The van der Waals surface area contributed by atoms with Crippen LogP contribution in [0.5, 0.6) is 0 Å². The predicted octanol–water partition coefficient (Wildman–Crippen LogP) is 3.51. The number of halogens is 1. The molecule has 25 heavy (non-hydrogen) atoms. The topological polar surface area (TPSA) is 73.2 Å². The number of nitrogens with zero attached hydrogens (tertiary/aromatic N) is 2. The number of aromatic nitrogens is 2. The molecular formula is C18H16ClN3O3. The lowest BCUT2D eigenvalue weighted by Gasteiger charge is -2.07. The molecular weight excluding hydrogens is 342 g/mol. The number of aryl methyl sites for hydroxylation is 1. The van der Waals surface area contributed by atoms with Crippen LogP contribution in [0.15, 0.2) is 48.7 Å². The van der Waals surface area contributed by atoms with Gasteiger partial charge in [0, 0.05) is 22.5 Å². The summed E-state index contributed by atoms with van der Waals surface area (Å²) in [6.45, 7) is 0.456. The Bertz CT molecular complexity index is 919. The monoisotopic (exact) mass is 357 g/mol. The molecule has 1 N–H and O–H groups in total. The highest BCUT2D eigenvalue weighted by Crippen LogP contribution is 2.19. The van der Waals surface area contributed by atoms with E-state index < -0.39 is 5.97 Å². The maximum atomic E-state index is 12.1. The van der Waals surface area contributed by atoms with Gasteiger partial charge in [-0.3, -0.25) is 9.48 Å². The zero-order valence-electron chi connectivity index (χ0n) is 13.5. The smallest absolute Gasteiger partial charge is 0.337 e. The molecule has 0 aliphatic carbocycles. The van der Waals surface area contributed by atoms with Gasteiger partial charge in [0.2, 0.25) is 5.91 Å². The lowest BCUT2D eigenvalue weighted by atomic mass is 10.2. The number of fused-ring (bicyclic) bond motifs is 1. The van der Waals surface area contributed by atoms with E-state index in [2.05, 4.69) is 15.2 Å². The molecule has 128 valence electrons. The van der Waals surface area contributed by atoms with Crippen LogP contribution < -0.4 is 5.32 Å². The van der Waals surface area contributed by atoms with E-state index in [1.165, 1.54) is 7.11 Å². The van der Waals surface area contributed by atoms with Crippen LogP contribution in [0.1, 0.15) is 16.8 Å². The van der Waals surface area contributed by atoms with E-state index >= 15 is 0 Å². The first-order valence-electron chi connectivity index (χ1n) is 7.66. The molecule has 2 aromatic carbocycles. The van der Waals surface area contributed by atoms with Crippen molar-refractivity contribution in [3.8, 4) is 0 Å². The maximum Gasteiger partial charge on any atom is 0.337 e. The SMILES string of the molecule is COC(=O)c1ccc(NC(=O)CCn2ncc3cc(Cl)ccc32)cc1. The third-order valence-electron chi connectivity index (χ3n) is 3.74. The minimum Gasteiger partial charge on any atom is -0.465 e. The van der Waals surface area contributed by atoms with Crippen molar-refractivity contribution in [1.29, 1.82) is 0 Å². The number of carbonyl (C=O) groups is 2. The van der Waals surface area contributed by atoms with Gasteiger partial charge in [0.15, 0.2) is 0 Å². The van der Waals surface area contributed by atoms with E-state index in [0.29, 0.717) is 22.8 Å². The molecule has 0 atom stereocenters. The van der Waals surface area contributed by atoms with Crippen LogP contribution in [0, 0.1) is 0 Å².